The summed E-state index contributed by atoms with van der Waals surface area (Å²) in [5.74, 6) is 2.50. The second-order valence-corrected chi connectivity index (χ2v) is 6.91. The van der Waals surface area contributed by atoms with E-state index in [0.717, 1.165) is 6.42 Å². The van der Waals surface area contributed by atoms with Crippen LogP contribution >= 0.6 is 0 Å². The maximum absolute atomic E-state index is 6.15. The second-order valence-electron chi connectivity index (χ2n) is 6.91. The molecule has 0 spiro atoms. The van der Waals surface area contributed by atoms with Gasteiger partial charge in [0, 0.05) is 5.41 Å². The van der Waals surface area contributed by atoms with E-state index in [1.54, 1.807) is 0 Å². The molecule has 2 nitrogen and oxygen atoms in total. The fourth-order valence-electron chi connectivity index (χ4n) is 1.17. The Morgan fingerprint density at radius 1 is 1.00 bits per heavy atom. The minimum Gasteiger partial charge on any atom is -0.374 e. The SMILES string of the molecule is C#CCOCC(C)(CC)COC(C)(C)C(C)(C)C. The summed E-state index contributed by atoms with van der Waals surface area (Å²) in [5.41, 5.74) is -0.0176. The number of rotatable bonds is 7. The van der Waals surface area contributed by atoms with Crippen LogP contribution in [0.4, 0.5) is 0 Å². The molecule has 1 unspecified atom stereocenters. The molecular formula is C16H30O2. The standard InChI is InChI=1S/C16H30O2/c1-9-11-17-12-16(8,10-2)13-18-15(6,7)14(3,4)5/h1H,10-13H2,2-8H3. The average Bonchev–Trinajstić information content (AvgIpc) is 2.25. The molecule has 0 aromatic carbocycles. The van der Waals surface area contributed by atoms with Crippen LogP contribution in [0.2, 0.25) is 0 Å². The third kappa shape index (κ3) is 5.42. The van der Waals surface area contributed by atoms with Crippen molar-refractivity contribution in [2.24, 2.45) is 10.8 Å². The van der Waals surface area contributed by atoms with Gasteiger partial charge in [0.25, 0.3) is 0 Å². The highest BCUT2D eigenvalue weighted by Crippen LogP contribution is 2.35. The fraction of sp³-hybridized carbons (Fsp3) is 0.875. The summed E-state index contributed by atoms with van der Waals surface area (Å²) < 4.78 is 11.6. The molecule has 18 heavy (non-hydrogen) atoms. The van der Waals surface area contributed by atoms with Crippen LogP contribution in [0.15, 0.2) is 0 Å². The predicted octanol–water partition coefficient (Wildman–Crippen LogP) is 3.89. The molecule has 106 valence electrons. The van der Waals surface area contributed by atoms with Gasteiger partial charge in [0.2, 0.25) is 0 Å². The van der Waals surface area contributed by atoms with Crippen LogP contribution < -0.4 is 0 Å². The summed E-state index contributed by atoms with van der Waals surface area (Å²) >= 11 is 0. The monoisotopic (exact) mass is 254 g/mol. The minimum absolute atomic E-state index is 0.0272. The number of ether oxygens (including phenoxy) is 2. The highest BCUT2D eigenvalue weighted by Gasteiger charge is 2.36. The minimum atomic E-state index is -0.157. The Morgan fingerprint density at radius 3 is 1.94 bits per heavy atom. The van der Waals surface area contributed by atoms with Gasteiger partial charge in [0.05, 0.1) is 18.8 Å². The van der Waals surface area contributed by atoms with Crippen molar-refractivity contribution in [3.63, 3.8) is 0 Å². The molecule has 0 aliphatic heterocycles. The molecule has 2 heteroatoms. The number of hydrogen-bond acceptors (Lipinski definition) is 2. The Hall–Kier alpha value is -0.520. The molecule has 0 rings (SSSR count). The quantitative estimate of drug-likeness (QED) is 0.507. The first-order valence-corrected chi connectivity index (χ1v) is 6.73. The van der Waals surface area contributed by atoms with Crippen molar-refractivity contribution < 1.29 is 9.47 Å². The van der Waals surface area contributed by atoms with E-state index in [1.165, 1.54) is 0 Å². The van der Waals surface area contributed by atoms with Crippen molar-refractivity contribution in [3.05, 3.63) is 0 Å². The van der Waals surface area contributed by atoms with Gasteiger partial charge in [-0.2, -0.15) is 0 Å². The van der Waals surface area contributed by atoms with Gasteiger partial charge in [-0.05, 0) is 25.7 Å². The van der Waals surface area contributed by atoms with Gasteiger partial charge >= 0.3 is 0 Å². The third-order valence-electron chi connectivity index (χ3n) is 4.08. The summed E-state index contributed by atoms with van der Waals surface area (Å²) in [6.07, 6.45) is 6.21. The molecule has 0 amide bonds. The number of hydrogen-bond donors (Lipinski definition) is 0. The highest BCUT2D eigenvalue weighted by atomic mass is 16.5. The van der Waals surface area contributed by atoms with Gasteiger partial charge in [-0.25, -0.2) is 0 Å². The summed E-state index contributed by atoms with van der Waals surface area (Å²) in [6, 6.07) is 0. The maximum atomic E-state index is 6.15. The average molecular weight is 254 g/mol. The first-order chi connectivity index (χ1) is 8.08. The van der Waals surface area contributed by atoms with E-state index in [1.807, 2.05) is 0 Å². The van der Waals surface area contributed by atoms with Crippen LogP contribution in [-0.2, 0) is 9.47 Å². The largest absolute Gasteiger partial charge is 0.374 e. The van der Waals surface area contributed by atoms with E-state index < -0.39 is 0 Å². The van der Waals surface area contributed by atoms with Gasteiger partial charge in [-0.15, -0.1) is 6.42 Å². The van der Waals surface area contributed by atoms with Crippen LogP contribution in [0.3, 0.4) is 0 Å². The van der Waals surface area contributed by atoms with E-state index in [2.05, 4.69) is 54.4 Å². The van der Waals surface area contributed by atoms with Gasteiger partial charge in [0.1, 0.15) is 6.61 Å². The molecule has 0 saturated carbocycles. The summed E-state index contributed by atoms with van der Waals surface area (Å²) in [6.45, 7) is 16.9. The Kier molecular flexibility index (Phi) is 6.40. The molecule has 0 bridgehead atoms. The Labute approximate surface area is 113 Å². The lowest BCUT2D eigenvalue weighted by atomic mass is 9.78. The molecule has 0 saturated heterocycles. The molecular weight excluding hydrogens is 224 g/mol. The molecule has 0 aliphatic carbocycles. The highest BCUT2D eigenvalue weighted by molar-refractivity contribution is 4.86. The van der Waals surface area contributed by atoms with Crippen LogP contribution in [0.5, 0.6) is 0 Å². The normalized spacial score (nSPS) is 16.1. The topological polar surface area (TPSA) is 18.5 Å². The Bertz CT molecular complexity index is 280. The molecule has 0 aliphatic rings. The van der Waals surface area contributed by atoms with E-state index in [4.69, 9.17) is 15.9 Å². The third-order valence-corrected chi connectivity index (χ3v) is 4.08. The first-order valence-electron chi connectivity index (χ1n) is 6.73. The zero-order chi connectivity index (χ0) is 14.4. The zero-order valence-corrected chi connectivity index (χ0v) is 13.2. The summed E-state index contributed by atoms with van der Waals surface area (Å²) in [4.78, 5) is 0. The Balaban J connectivity index is 4.42. The van der Waals surface area contributed by atoms with E-state index in [9.17, 15) is 0 Å². The van der Waals surface area contributed by atoms with E-state index >= 15 is 0 Å². The first kappa shape index (κ1) is 17.5. The van der Waals surface area contributed by atoms with Crippen LogP contribution in [0.1, 0.15) is 54.9 Å². The van der Waals surface area contributed by atoms with Gasteiger partial charge in [-0.3, -0.25) is 0 Å². The molecule has 0 aromatic heterocycles. The lowest BCUT2D eigenvalue weighted by molar-refractivity contribution is -0.128. The molecule has 1 atom stereocenters. The lowest BCUT2D eigenvalue weighted by Crippen LogP contribution is -2.43. The van der Waals surface area contributed by atoms with E-state index in [-0.39, 0.29) is 16.4 Å². The van der Waals surface area contributed by atoms with Crippen LogP contribution in [0, 0.1) is 23.2 Å². The van der Waals surface area contributed by atoms with Crippen molar-refractivity contribution >= 4 is 0 Å². The van der Waals surface area contributed by atoms with Gasteiger partial charge < -0.3 is 9.47 Å². The van der Waals surface area contributed by atoms with Crippen LogP contribution in [-0.4, -0.2) is 25.4 Å². The smallest absolute Gasteiger partial charge is 0.107 e. The van der Waals surface area contributed by atoms with Crippen molar-refractivity contribution in [3.8, 4) is 12.3 Å². The van der Waals surface area contributed by atoms with Gasteiger partial charge in [-0.1, -0.05) is 40.5 Å². The van der Waals surface area contributed by atoms with Crippen LogP contribution in [0.25, 0.3) is 0 Å². The molecule has 0 N–H and O–H groups in total. The molecule has 0 heterocycles. The van der Waals surface area contributed by atoms with Crippen molar-refractivity contribution in [2.75, 3.05) is 19.8 Å². The summed E-state index contributed by atoms with van der Waals surface area (Å²) in [7, 11) is 0. The van der Waals surface area contributed by atoms with Gasteiger partial charge in [0.15, 0.2) is 0 Å². The van der Waals surface area contributed by atoms with E-state index in [0.29, 0.717) is 19.8 Å². The summed E-state index contributed by atoms with van der Waals surface area (Å²) in [5, 5.41) is 0. The zero-order valence-electron chi connectivity index (χ0n) is 13.2. The lowest BCUT2D eigenvalue weighted by Gasteiger charge is -2.41. The maximum Gasteiger partial charge on any atom is 0.107 e. The Morgan fingerprint density at radius 2 is 1.56 bits per heavy atom. The van der Waals surface area contributed by atoms with Crippen molar-refractivity contribution in [1.29, 1.82) is 0 Å². The van der Waals surface area contributed by atoms with Crippen molar-refractivity contribution in [2.45, 2.75) is 60.5 Å². The molecule has 0 fully saturated rings. The van der Waals surface area contributed by atoms with Crippen molar-refractivity contribution in [1.82, 2.24) is 0 Å². The predicted molar refractivity (Wildman–Crippen MR) is 77.5 cm³/mol. The second kappa shape index (κ2) is 6.59. The number of terminal acetylenes is 1. The molecule has 0 aromatic rings. The molecule has 0 radical (unpaired) electrons. The fourth-order valence-corrected chi connectivity index (χ4v) is 1.17.